The number of rotatable bonds is 4. The van der Waals surface area contributed by atoms with E-state index in [4.69, 9.17) is 0 Å². The summed E-state index contributed by atoms with van der Waals surface area (Å²) in [5.41, 5.74) is 0. The van der Waals surface area contributed by atoms with E-state index >= 15 is 0 Å². The standard InChI is InChI=1S/C8H14BrN/c1-3-4-5-10-6-8(10)7(2)9/h8H,2-6H2,1H3. The lowest BCUT2D eigenvalue weighted by atomic mass is 10.3. The van der Waals surface area contributed by atoms with Crippen molar-refractivity contribution in [1.82, 2.24) is 4.90 Å². The fourth-order valence-electron chi connectivity index (χ4n) is 1.08. The zero-order chi connectivity index (χ0) is 7.56. The summed E-state index contributed by atoms with van der Waals surface area (Å²) in [5.74, 6) is 0. The van der Waals surface area contributed by atoms with E-state index in [0.29, 0.717) is 6.04 Å². The second kappa shape index (κ2) is 3.54. The van der Waals surface area contributed by atoms with E-state index < -0.39 is 0 Å². The van der Waals surface area contributed by atoms with Gasteiger partial charge in [-0.3, -0.25) is 4.90 Å². The number of halogens is 1. The van der Waals surface area contributed by atoms with Crippen molar-refractivity contribution in [3.05, 3.63) is 11.1 Å². The van der Waals surface area contributed by atoms with Crippen molar-refractivity contribution in [1.29, 1.82) is 0 Å². The van der Waals surface area contributed by atoms with Gasteiger partial charge in [-0.1, -0.05) is 35.9 Å². The van der Waals surface area contributed by atoms with Crippen LogP contribution < -0.4 is 0 Å². The Morgan fingerprint density at radius 3 is 2.90 bits per heavy atom. The molecule has 1 aliphatic heterocycles. The molecule has 0 spiro atoms. The van der Waals surface area contributed by atoms with Gasteiger partial charge in [-0.25, -0.2) is 0 Å². The maximum Gasteiger partial charge on any atom is 0.0535 e. The van der Waals surface area contributed by atoms with Crippen molar-refractivity contribution < 1.29 is 0 Å². The lowest BCUT2D eigenvalue weighted by Crippen LogP contribution is -2.02. The smallest absolute Gasteiger partial charge is 0.0535 e. The third-order valence-electron chi connectivity index (χ3n) is 1.88. The highest BCUT2D eigenvalue weighted by atomic mass is 79.9. The van der Waals surface area contributed by atoms with E-state index in [1.165, 1.54) is 25.9 Å². The summed E-state index contributed by atoms with van der Waals surface area (Å²) in [6.45, 7) is 8.53. The molecule has 1 nitrogen and oxygen atoms in total. The highest BCUT2D eigenvalue weighted by molar-refractivity contribution is 9.11. The van der Waals surface area contributed by atoms with Crippen molar-refractivity contribution in [3.63, 3.8) is 0 Å². The molecule has 0 amide bonds. The Morgan fingerprint density at radius 2 is 2.50 bits per heavy atom. The average Bonchev–Trinajstić information content (AvgIpc) is 2.62. The normalized spacial score (nSPS) is 30.2. The topological polar surface area (TPSA) is 3.01 Å². The maximum absolute atomic E-state index is 3.85. The fourth-order valence-corrected chi connectivity index (χ4v) is 1.51. The molecule has 0 aromatic heterocycles. The zero-order valence-corrected chi connectivity index (χ0v) is 8.02. The van der Waals surface area contributed by atoms with Crippen LogP contribution in [0.25, 0.3) is 0 Å². The first kappa shape index (κ1) is 8.28. The molecule has 1 saturated heterocycles. The molecule has 1 rings (SSSR count). The molecule has 1 aliphatic rings. The monoisotopic (exact) mass is 203 g/mol. The SMILES string of the molecule is C=C(Br)C1CN1CCCC. The van der Waals surface area contributed by atoms with Gasteiger partial charge in [-0.05, 0) is 13.0 Å². The van der Waals surface area contributed by atoms with Crippen molar-refractivity contribution in [3.8, 4) is 0 Å². The molecule has 2 atom stereocenters. The molecule has 0 radical (unpaired) electrons. The molecule has 2 heteroatoms. The van der Waals surface area contributed by atoms with Crippen LogP contribution in [0.4, 0.5) is 0 Å². The third kappa shape index (κ3) is 2.10. The van der Waals surface area contributed by atoms with Crippen LogP contribution in [-0.2, 0) is 0 Å². The van der Waals surface area contributed by atoms with Crippen LogP contribution in [0.2, 0.25) is 0 Å². The van der Waals surface area contributed by atoms with Gasteiger partial charge in [-0.15, -0.1) is 0 Å². The summed E-state index contributed by atoms with van der Waals surface area (Å²) in [6.07, 6.45) is 2.61. The van der Waals surface area contributed by atoms with Crippen LogP contribution in [-0.4, -0.2) is 24.0 Å². The van der Waals surface area contributed by atoms with Gasteiger partial charge in [0.2, 0.25) is 0 Å². The minimum absolute atomic E-state index is 0.645. The number of nitrogens with zero attached hydrogens (tertiary/aromatic N) is 1. The lowest BCUT2D eigenvalue weighted by Gasteiger charge is -1.99. The van der Waals surface area contributed by atoms with Gasteiger partial charge in [0.05, 0.1) is 6.04 Å². The molecule has 10 heavy (non-hydrogen) atoms. The first-order chi connectivity index (χ1) is 4.75. The van der Waals surface area contributed by atoms with Gasteiger partial charge in [-0.2, -0.15) is 0 Å². The summed E-state index contributed by atoms with van der Waals surface area (Å²) in [7, 11) is 0. The van der Waals surface area contributed by atoms with Crippen LogP contribution in [0, 0.1) is 0 Å². The van der Waals surface area contributed by atoms with Crippen molar-refractivity contribution in [2.75, 3.05) is 13.1 Å². The molecule has 0 bridgehead atoms. The Morgan fingerprint density at radius 1 is 1.80 bits per heavy atom. The van der Waals surface area contributed by atoms with Crippen LogP contribution >= 0.6 is 15.9 Å². The molecular formula is C8H14BrN. The second-order valence-electron chi connectivity index (χ2n) is 2.81. The first-order valence-corrected chi connectivity index (χ1v) is 4.63. The minimum Gasteiger partial charge on any atom is -0.293 e. The number of hydrogen-bond donors (Lipinski definition) is 0. The summed E-state index contributed by atoms with van der Waals surface area (Å²) in [4.78, 5) is 2.43. The molecule has 0 aliphatic carbocycles. The fraction of sp³-hybridized carbons (Fsp3) is 0.750. The maximum atomic E-state index is 3.85. The van der Waals surface area contributed by atoms with Crippen LogP contribution in [0.15, 0.2) is 11.1 Å². The van der Waals surface area contributed by atoms with E-state index in [9.17, 15) is 0 Å². The first-order valence-electron chi connectivity index (χ1n) is 3.84. The molecule has 1 heterocycles. The Labute approximate surface area is 71.2 Å². The molecule has 58 valence electrons. The van der Waals surface area contributed by atoms with Gasteiger partial charge in [0, 0.05) is 11.0 Å². The summed E-state index contributed by atoms with van der Waals surface area (Å²) in [5, 5.41) is 0. The zero-order valence-electron chi connectivity index (χ0n) is 6.44. The summed E-state index contributed by atoms with van der Waals surface area (Å²) >= 11 is 3.40. The van der Waals surface area contributed by atoms with Gasteiger partial charge in [0.15, 0.2) is 0 Å². The van der Waals surface area contributed by atoms with Crippen LogP contribution in [0.5, 0.6) is 0 Å². The molecule has 0 N–H and O–H groups in total. The van der Waals surface area contributed by atoms with E-state index in [-0.39, 0.29) is 0 Å². The molecule has 0 aromatic rings. The summed E-state index contributed by atoms with van der Waals surface area (Å²) in [6, 6.07) is 0.645. The van der Waals surface area contributed by atoms with E-state index in [2.05, 4.69) is 34.3 Å². The molecule has 1 fully saturated rings. The van der Waals surface area contributed by atoms with Crippen LogP contribution in [0.3, 0.4) is 0 Å². The van der Waals surface area contributed by atoms with Gasteiger partial charge >= 0.3 is 0 Å². The van der Waals surface area contributed by atoms with Crippen molar-refractivity contribution in [2.45, 2.75) is 25.8 Å². The Hall–Kier alpha value is 0.180. The van der Waals surface area contributed by atoms with Crippen LogP contribution in [0.1, 0.15) is 19.8 Å². The number of unbranched alkanes of at least 4 members (excludes halogenated alkanes) is 1. The largest absolute Gasteiger partial charge is 0.293 e. The molecule has 0 aromatic carbocycles. The Balaban J connectivity index is 2.08. The van der Waals surface area contributed by atoms with Crippen molar-refractivity contribution >= 4 is 15.9 Å². The predicted molar refractivity (Wildman–Crippen MR) is 48.3 cm³/mol. The average molecular weight is 204 g/mol. The van der Waals surface area contributed by atoms with Gasteiger partial charge in [0.1, 0.15) is 0 Å². The Kier molecular flexibility index (Phi) is 2.93. The highest BCUT2D eigenvalue weighted by Gasteiger charge is 2.33. The number of hydrogen-bond acceptors (Lipinski definition) is 1. The molecule has 0 saturated carbocycles. The molecular weight excluding hydrogens is 190 g/mol. The van der Waals surface area contributed by atoms with E-state index in [0.717, 1.165) is 4.48 Å². The second-order valence-corrected chi connectivity index (χ2v) is 3.83. The summed E-state index contributed by atoms with van der Waals surface area (Å²) < 4.78 is 1.14. The van der Waals surface area contributed by atoms with Gasteiger partial charge in [0.25, 0.3) is 0 Å². The van der Waals surface area contributed by atoms with E-state index in [1.807, 2.05) is 0 Å². The highest BCUT2D eigenvalue weighted by Crippen LogP contribution is 2.27. The quantitative estimate of drug-likeness (QED) is 0.635. The van der Waals surface area contributed by atoms with Gasteiger partial charge < -0.3 is 0 Å². The molecule has 2 unspecified atom stereocenters. The minimum atomic E-state index is 0.645. The third-order valence-corrected chi connectivity index (χ3v) is 2.40. The Bertz CT molecular complexity index is 133. The van der Waals surface area contributed by atoms with E-state index in [1.54, 1.807) is 0 Å². The predicted octanol–water partition coefficient (Wildman–Crippen LogP) is 2.38. The van der Waals surface area contributed by atoms with Crippen molar-refractivity contribution in [2.24, 2.45) is 0 Å². The lowest BCUT2D eigenvalue weighted by molar-refractivity contribution is 0.507.